The zero-order valence-electron chi connectivity index (χ0n) is 11.9. The molecule has 3 rings (SSSR count). The van der Waals surface area contributed by atoms with Crippen LogP contribution < -0.4 is 5.32 Å². The van der Waals surface area contributed by atoms with E-state index in [1.165, 1.54) is 12.8 Å². The fraction of sp³-hybridized carbons (Fsp3) is 0.438. The van der Waals surface area contributed by atoms with Crippen LogP contribution in [0, 0.1) is 5.92 Å². The second-order valence-electron chi connectivity index (χ2n) is 5.40. The molecule has 1 aliphatic rings. The molecule has 0 radical (unpaired) electrons. The monoisotopic (exact) mass is 285 g/mol. The number of amides is 1. The van der Waals surface area contributed by atoms with Gasteiger partial charge in [0.05, 0.1) is 0 Å². The summed E-state index contributed by atoms with van der Waals surface area (Å²) >= 11 is 0. The van der Waals surface area contributed by atoms with Crippen LogP contribution in [0.3, 0.4) is 0 Å². The molecule has 0 aliphatic heterocycles. The first-order valence-electron chi connectivity index (χ1n) is 7.48. The molecule has 0 saturated heterocycles. The van der Waals surface area contributed by atoms with Gasteiger partial charge in [-0.05, 0) is 12.8 Å². The third kappa shape index (κ3) is 3.48. The van der Waals surface area contributed by atoms with E-state index >= 15 is 0 Å². The van der Waals surface area contributed by atoms with Crippen LogP contribution in [0.25, 0.3) is 11.4 Å². The van der Waals surface area contributed by atoms with Gasteiger partial charge in [-0.2, -0.15) is 4.98 Å². The van der Waals surface area contributed by atoms with Gasteiger partial charge < -0.3 is 9.84 Å². The highest BCUT2D eigenvalue weighted by Crippen LogP contribution is 2.24. The lowest BCUT2D eigenvalue weighted by Gasteiger charge is -2.08. The summed E-state index contributed by atoms with van der Waals surface area (Å²) < 4.78 is 5.21. The standard InChI is InChI=1S/C16H19N3O2/c20-16(13-8-4-5-9-13)17-11-10-14-18-15(19-21-14)12-6-2-1-3-7-12/h1-3,6-7,13H,4-5,8-11H2,(H,17,20). The Labute approximate surface area is 123 Å². The Kier molecular flexibility index (Phi) is 4.28. The van der Waals surface area contributed by atoms with E-state index in [0.717, 1.165) is 18.4 Å². The van der Waals surface area contributed by atoms with Crippen molar-refractivity contribution in [1.82, 2.24) is 15.5 Å². The number of hydrogen-bond acceptors (Lipinski definition) is 4. The number of nitrogens with zero attached hydrogens (tertiary/aromatic N) is 2. The zero-order chi connectivity index (χ0) is 14.5. The summed E-state index contributed by atoms with van der Waals surface area (Å²) in [7, 11) is 0. The highest BCUT2D eigenvalue weighted by atomic mass is 16.5. The molecule has 1 N–H and O–H groups in total. The van der Waals surface area contributed by atoms with Crippen molar-refractivity contribution in [2.45, 2.75) is 32.1 Å². The van der Waals surface area contributed by atoms with Gasteiger partial charge in [0.15, 0.2) is 0 Å². The lowest BCUT2D eigenvalue weighted by molar-refractivity contribution is -0.124. The number of nitrogens with one attached hydrogen (secondary N) is 1. The maximum Gasteiger partial charge on any atom is 0.228 e. The first kappa shape index (κ1) is 13.8. The van der Waals surface area contributed by atoms with Crippen LogP contribution >= 0.6 is 0 Å². The summed E-state index contributed by atoms with van der Waals surface area (Å²) in [6.07, 6.45) is 4.94. The maximum atomic E-state index is 11.9. The van der Waals surface area contributed by atoms with Gasteiger partial charge in [0.1, 0.15) is 0 Å². The Morgan fingerprint density at radius 1 is 1.24 bits per heavy atom. The fourth-order valence-corrected chi connectivity index (χ4v) is 2.69. The third-order valence-corrected chi connectivity index (χ3v) is 3.86. The van der Waals surface area contributed by atoms with E-state index in [0.29, 0.717) is 24.7 Å². The molecule has 1 fully saturated rings. The van der Waals surface area contributed by atoms with Gasteiger partial charge in [-0.25, -0.2) is 0 Å². The summed E-state index contributed by atoms with van der Waals surface area (Å²) in [5.74, 6) is 1.51. The molecular formula is C16H19N3O2. The summed E-state index contributed by atoms with van der Waals surface area (Å²) in [5.41, 5.74) is 0.933. The molecule has 1 aliphatic carbocycles. The molecular weight excluding hydrogens is 266 g/mol. The number of aromatic nitrogens is 2. The molecule has 1 saturated carbocycles. The predicted molar refractivity (Wildman–Crippen MR) is 78.4 cm³/mol. The van der Waals surface area contributed by atoms with Crippen LogP contribution in [0.5, 0.6) is 0 Å². The van der Waals surface area contributed by atoms with Crippen LogP contribution in [0.4, 0.5) is 0 Å². The molecule has 0 atom stereocenters. The smallest absolute Gasteiger partial charge is 0.228 e. The van der Waals surface area contributed by atoms with Crippen molar-refractivity contribution in [3.8, 4) is 11.4 Å². The minimum Gasteiger partial charge on any atom is -0.355 e. The first-order valence-corrected chi connectivity index (χ1v) is 7.48. The van der Waals surface area contributed by atoms with Gasteiger partial charge in [0.2, 0.25) is 17.6 Å². The summed E-state index contributed by atoms with van der Waals surface area (Å²) in [6.45, 7) is 0.547. The van der Waals surface area contributed by atoms with E-state index in [-0.39, 0.29) is 11.8 Å². The molecule has 0 unspecified atom stereocenters. The van der Waals surface area contributed by atoms with Gasteiger partial charge >= 0.3 is 0 Å². The average Bonchev–Trinajstić information content (AvgIpc) is 3.20. The lowest BCUT2D eigenvalue weighted by Crippen LogP contribution is -2.30. The SMILES string of the molecule is O=C(NCCc1nc(-c2ccccc2)no1)C1CCCC1. The summed E-state index contributed by atoms with van der Waals surface area (Å²) in [5, 5.41) is 6.92. The van der Waals surface area contributed by atoms with Crippen molar-refractivity contribution < 1.29 is 9.32 Å². The molecule has 2 aromatic rings. The quantitative estimate of drug-likeness (QED) is 0.916. The average molecular weight is 285 g/mol. The minimum absolute atomic E-state index is 0.162. The second kappa shape index (κ2) is 6.52. The van der Waals surface area contributed by atoms with Gasteiger partial charge in [-0.1, -0.05) is 48.3 Å². The van der Waals surface area contributed by atoms with Crippen LogP contribution in [0.2, 0.25) is 0 Å². The van der Waals surface area contributed by atoms with Gasteiger partial charge in [0.25, 0.3) is 0 Å². The minimum atomic E-state index is 0.162. The van der Waals surface area contributed by atoms with Gasteiger partial charge in [-0.3, -0.25) is 4.79 Å². The van der Waals surface area contributed by atoms with Crippen molar-refractivity contribution in [2.75, 3.05) is 6.54 Å². The Hall–Kier alpha value is -2.17. The van der Waals surface area contributed by atoms with Crippen molar-refractivity contribution in [3.05, 3.63) is 36.2 Å². The molecule has 1 aromatic heterocycles. The largest absolute Gasteiger partial charge is 0.355 e. The van der Waals surface area contributed by atoms with Gasteiger partial charge in [-0.15, -0.1) is 0 Å². The maximum absolute atomic E-state index is 11.9. The Bertz CT molecular complexity index is 589. The number of carbonyl (C=O) groups is 1. The van der Waals surface area contributed by atoms with Crippen molar-refractivity contribution in [2.24, 2.45) is 5.92 Å². The van der Waals surface area contributed by atoms with E-state index in [1.54, 1.807) is 0 Å². The first-order chi connectivity index (χ1) is 10.3. The van der Waals surface area contributed by atoms with E-state index in [1.807, 2.05) is 30.3 Å². The second-order valence-corrected chi connectivity index (χ2v) is 5.40. The Balaban J connectivity index is 1.50. The number of rotatable bonds is 5. The molecule has 1 heterocycles. The van der Waals surface area contributed by atoms with Crippen molar-refractivity contribution in [1.29, 1.82) is 0 Å². The number of hydrogen-bond donors (Lipinski definition) is 1. The molecule has 5 nitrogen and oxygen atoms in total. The molecule has 1 amide bonds. The van der Waals surface area contributed by atoms with Crippen LogP contribution in [-0.2, 0) is 11.2 Å². The van der Waals surface area contributed by atoms with Crippen LogP contribution in [-0.4, -0.2) is 22.6 Å². The highest BCUT2D eigenvalue weighted by Gasteiger charge is 2.22. The van der Waals surface area contributed by atoms with Gasteiger partial charge in [0, 0.05) is 24.4 Å². The van der Waals surface area contributed by atoms with E-state index < -0.39 is 0 Å². The molecule has 0 spiro atoms. The van der Waals surface area contributed by atoms with Crippen molar-refractivity contribution in [3.63, 3.8) is 0 Å². The van der Waals surface area contributed by atoms with Crippen LogP contribution in [0.1, 0.15) is 31.6 Å². The van der Waals surface area contributed by atoms with Crippen LogP contribution in [0.15, 0.2) is 34.9 Å². The fourth-order valence-electron chi connectivity index (χ4n) is 2.69. The predicted octanol–water partition coefficient (Wildman–Crippen LogP) is 2.59. The zero-order valence-corrected chi connectivity index (χ0v) is 11.9. The van der Waals surface area contributed by atoms with E-state index in [4.69, 9.17) is 4.52 Å². The lowest BCUT2D eigenvalue weighted by atomic mass is 10.1. The van der Waals surface area contributed by atoms with E-state index in [9.17, 15) is 4.79 Å². The summed E-state index contributed by atoms with van der Waals surface area (Å²) in [4.78, 5) is 16.2. The molecule has 1 aromatic carbocycles. The molecule has 5 heteroatoms. The highest BCUT2D eigenvalue weighted by molar-refractivity contribution is 5.78. The van der Waals surface area contributed by atoms with E-state index in [2.05, 4.69) is 15.5 Å². The Morgan fingerprint density at radius 2 is 2.00 bits per heavy atom. The molecule has 21 heavy (non-hydrogen) atoms. The normalized spacial score (nSPS) is 15.2. The van der Waals surface area contributed by atoms with Crippen molar-refractivity contribution >= 4 is 5.91 Å². The number of carbonyl (C=O) groups excluding carboxylic acids is 1. The number of benzene rings is 1. The third-order valence-electron chi connectivity index (χ3n) is 3.86. The molecule has 110 valence electrons. The molecule has 0 bridgehead atoms. The summed E-state index contributed by atoms with van der Waals surface area (Å²) in [6, 6.07) is 9.70. The Morgan fingerprint density at radius 3 is 2.76 bits per heavy atom. The topological polar surface area (TPSA) is 68.0 Å².